The summed E-state index contributed by atoms with van der Waals surface area (Å²) in [5, 5.41) is 3.27. The maximum absolute atomic E-state index is 14.4. The molecule has 150 valence electrons. The summed E-state index contributed by atoms with van der Waals surface area (Å²) in [5.41, 5.74) is -3.45. The molecule has 1 heterocycles. The van der Waals surface area contributed by atoms with Gasteiger partial charge in [0.15, 0.2) is 0 Å². The van der Waals surface area contributed by atoms with E-state index in [0.29, 0.717) is 15.8 Å². The number of alkyl halides is 3. The monoisotopic (exact) mass is 421 g/mol. The van der Waals surface area contributed by atoms with Crippen LogP contribution >= 0.6 is 11.6 Å². The number of esters is 1. The Bertz CT molecular complexity index is 1160. The summed E-state index contributed by atoms with van der Waals surface area (Å²) in [6, 6.07) is 12.9. The number of benzene rings is 3. The van der Waals surface area contributed by atoms with E-state index < -0.39 is 23.5 Å². The van der Waals surface area contributed by atoms with Gasteiger partial charge in [0.05, 0.1) is 13.7 Å². The molecule has 0 amide bonds. The molecule has 3 aromatic rings. The summed E-state index contributed by atoms with van der Waals surface area (Å²) in [5.74, 6) is -2.19. The van der Waals surface area contributed by atoms with Crippen molar-refractivity contribution >= 4 is 45.0 Å². The third-order valence-corrected chi connectivity index (χ3v) is 5.29. The van der Waals surface area contributed by atoms with Crippen LogP contribution in [0.2, 0.25) is 5.02 Å². The van der Waals surface area contributed by atoms with Crippen molar-refractivity contribution in [3.8, 4) is 0 Å². The first-order valence-electron chi connectivity index (χ1n) is 8.74. The van der Waals surface area contributed by atoms with E-state index in [4.69, 9.17) is 16.3 Å². The van der Waals surface area contributed by atoms with Crippen LogP contribution < -0.4 is 0 Å². The van der Waals surface area contributed by atoms with Gasteiger partial charge in [-0.15, -0.1) is 0 Å². The predicted octanol–water partition coefficient (Wildman–Crippen LogP) is 5.05. The van der Waals surface area contributed by atoms with Crippen molar-refractivity contribution in [3.05, 3.63) is 59.1 Å². The molecule has 0 bridgehead atoms. The van der Waals surface area contributed by atoms with Gasteiger partial charge in [0, 0.05) is 5.02 Å². The lowest BCUT2D eigenvalue weighted by atomic mass is 9.78. The van der Waals surface area contributed by atoms with Crippen LogP contribution in [0.15, 0.2) is 53.5 Å². The van der Waals surface area contributed by atoms with Crippen LogP contribution in [0, 0.1) is 0 Å². The molecule has 4 nitrogen and oxygen atoms in total. The molecule has 1 aliphatic rings. The maximum Gasteiger partial charge on any atom is 0.417 e. The summed E-state index contributed by atoms with van der Waals surface area (Å²) in [4.78, 5) is 16.4. The van der Waals surface area contributed by atoms with Crippen molar-refractivity contribution in [1.82, 2.24) is 0 Å². The molecule has 8 heteroatoms. The zero-order valence-corrected chi connectivity index (χ0v) is 16.0. The van der Waals surface area contributed by atoms with Crippen LogP contribution in [0.25, 0.3) is 21.5 Å². The van der Waals surface area contributed by atoms with Gasteiger partial charge < -0.3 is 9.47 Å². The number of hydrogen-bond acceptors (Lipinski definition) is 4. The first kappa shape index (κ1) is 19.5. The van der Waals surface area contributed by atoms with E-state index in [0.717, 1.165) is 17.9 Å². The molecule has 1 aliphatic heterocycles. The largest absolute Gasteiger partial charge is 0.478 e. The van der Waals surface area contributed by atoms with Crippen molar-refractivity contribution in [2.45, 2.75) is 11.6 Å². The van der Waals surface area contributed by atoms with Gasteiger partial charge in [0.2, 0.25) is 5.90 Å². The summed E-state index contributed by atoms with van der Waals surface area (Å²) >= 11 is 6.04. The molecule has 0 saturated carbocycles. The van der Waals surface area contributed by atoms with E-state index in [2.05, 4.69) is 9.73 Å². The molecule has 29 heavy (non-hydrogen) atoms. The number of carbonyl (C=O) groups excluding carboxylic acids is 1. The van der Waals surface area contributed by atoms with Gasteiger partial charge in [0.25, 0.3) is 5.41 Å². The second-order valence-electron chi connectivity index (χ2n) is 6.64. The van der Waals surface area contributed by atoms with E-state index in [1.807, 2.05) is 6.07 Å². The average Bonchev–Trinajstić information content (AvgIpc) is 3.21. The van der Waals surface area contributed by atoms with Gasteiger partial charge in [-0.05, 0) is 45.3 Å². The van der Waals surface area contributed by atoms with Crippen molar-refractivity contribution in [3.63, 3.8) is 0 Å². The highest BCUT2D eigenvalue weighted by Gasteiger charge is 2.68. The molecule has 1 atom stereocenters. The molecule has 0 fully saturated rings. The van der Waals surface area contributed by atoms with E-state index in [-0.39, 0.29) is 18.7 Å². The lowest BCUT2D eigenvalue weighted by Crippen LogP contribution is -2.56. The van der Waals surface area contributed by atoms with E-state index in [1.54, 1.807) is 24.3 Å². The zero-order valence-electron chi connectivity index (χ0n) is 15.2. The Hall–Kier alpha value is -2.80. The van der Waals surface area contributed by atoms with Gasteiger partial charge in [-0.25, -0.2) is 0 Å². The van der Waals surface area contributed by atoms with Crippen molar-refractivity contribution in [2.75, 3.05) is 20.3 Å². The number of fused-ring (bicyclic) bond motifs is 3. The molecule has 0 radical (unpaired) electrons. The van der Waals surface area contributed by atoms with Crippen molar-refractivity contribution < 1.29 is 27.4 Å². The minimum atomic E-state index is -5.02. The van der Waals surface area contributed by atoms with Gasteiger partial charge in [-0.3, -0.25) is 9.79 Å². The van der Waals surface area contributed by atoms with E-state index in [1.165, 1.54) is 18.2 Å². The summed E-state index contributed by atoms with van der Waals surface area (Å²) < 4.78 is 53.1. The molecule has 3 aromatic carbocycles. The number of halogens is 4. The molecule has 4 rings (SSSR count). The van der Waals surface area contributed by atoms with Crippen LogP contribution in [0.3, 0.4) is 0 Å². The molecule has 0 spiro atoms. The van der Waals surface area contributed by atoms with E-state index >= 15 is 0 Å². The molecule has 0 aromatic heterocycles. The smallest absolute Gasteiger partial charge is 0.417 e. The fourth-order valence-corrected chi connectivity index (χ4v) is 3.89. The molecule has 0 aliphatic carbocycles. The Morgan fingerprint density at radius 3 is 2.45 bits per heavy atom. The number of ether oxygens (including phenoxy) is 2. The Morgan fingerprint density at radius 2 is 1.79 bits per heavy atom. The van der Waals surface area contributed by atoms with Gasteiger partial charge in [-0.1, -0.05) is 41.9 Å². The quantitative estimate of drug-likeness (QED) is 0.439. The second kappa shape index (κ2) is 6.91. The fraction of sp³-hybridized carbons (Fsp3) is 0.238. The summed E-state index contributed by atoms with van der Waals surface area (Å²) in [7, 11) is 0.913. The SMILES string of the molecule is COC(=O)C(C1=NCCO1)(c1ccc2ccc3cc(Cl)ccc3c2c1)C(F)(F)F. The predicted molar refractivity (Wildman–Crippen MR) is 104 cm³/mol. The molecular weight excluding hydrogens is 407 g/mol. The normalized spacial score (nSPS) is 16.4. The average molecular weight is 422 g/mol. The molecule has 0 N–H and O–H groups in total. The van der Waals surface area contributed by atoms with Crippen molar-refractivity contribution in [1.29, 1.82) is 0 Å². The second-order valence-corrected chi connectivity index (χ2v) is 7.08. The highest BCUT2D eigenvalue weighted by Crippen LogP contribution is 2.46. The summed E-state index contributed by atoms with van der Waals surface area (Å²) in [6.07, 6.45) is -5.02. The Morgan fingerprint density at radius 1 is 1.07 bits per heavy atom. The Labute approximate surface area is 168 Å². The number of methoxy groups -OCH3 is 1. The van der Waals surface area contributed by atoms with Crippen LogP contribution in [-0.4, -0.2) is 38.3 Å². The number of carbonyl (C=O) groups is 1. The lowest BCUT2D eigenvalue weighted by Gasteiger charge is -2.32. The maximum atomic E-state index is 14.4. The number of nitrogens with zero attached hydrogens (tertiary/aromatic N) is 1. The van der Waals surface area contributed by atoms with Crippen LogP contribution in [-0.2, 0) is 19.7 Å². The topological polar surface area (TPSA) is 47.9 Å². The molecular formula is C21H15ClF3NO3. The zero-order chi connectivity index (χ0) is 20.8. The minimum absolute atomic E-state index is 0.0286. The van der Waals surface area contributed by atoms with Crippen LogP contribution in [0.1, 0.15) is 5.56 Å². The first-order valence-corrected chi connectivity index (χ1v) is 9.12. The molecule has 1 unspecified atom stereocenters. The fourth-order valence-electron chi connectivity index (χ4n) is 3.71. The lowest BCUT2D eigenvalue weighted by molar-refractivity contribution is -0.194. The van der Waals surface area contributed by atoms with Gasteiger partial charge in [0.1, 0.15) is 6.61 Å². The van der Waals surface area contributed by atoms with E-state index in [9.17, 15) is 18.0 Å². The first-order chi connectivity index (χ1) is 13.8. The third-order valence-electron chi connectivity index (χ3n) is 5.06. The van der Waals surface area contributed by atoms with Crippen LogP contribution in [0.5, 0.6) is 0 Å². The minimum Gasteiger partial charge on any atom is -0.478 e. The number of rotatable bonds is 3. The summed E-state index contributed by atoms with van der Waals surface area (Å²) in [6.45, 7) is 0.0122. The van der Waals surface area contributed by atoms with Crippen LogP contribution in [0.4, 0.5) is 13.2 Å². The molecule has 0 saturated heterocycles. The Balaban J connectivity index is 2.07. The van der Waals surface area contributed by atoms with Crippen molar-refractivity contribution in [2.24, 2.45) is 4.99 Å². The standard InChI is InChI=1S/C21H15ClF3NO3/c1-28-19(27)20(21(23,24)25,18-26-8-9-29-18)14-5-4-12-2-3-13-10-15(22)6-7-16(13)17(12)11-14/h2-7,10-11H,8-9H2,1H3. The van der Waals surface area contributed by atoms with Gasteiger partial charge in [-0.2, -0.15) is 13.2 Å². The third kappa shape index (κ3) is 2.92. The Kier molecular flexibility index (Phi) is 4.65. The highest BCUT2D eigenvalue weighted by molar-refractivity contribution is 6.31. The highest BCUT2D eigenvalue weighted by atomic mass is 35.5. The number of aliphatic imine (C=N–C) groups is 1. The van der Waals surface area contributed by atoms with Gasteiger partial charge >= 0.3 is 12.1 Å². The number of hydrogen-bond donors (Lipinski definition) is 0.